The summed E-state index contributed by atoms with van der Waals surface area (Å²) < 4.78 is 0. The van der Waals surface area contributed by atoms with E-state index in [2.05, 4.69) is 9.97 Å². The van der Waals surface area contributed by atoms with Crippen LogP contribution in [-0.2, 0) is 0 Å². The molecule has 2 aromatic rings. The Bertz CT molecular complexity index is 357. The van der Waals surface area contributed by atoms with Crippen molar-refractivity contribution in [2.24, 2.45) is 0 Å². The van der Waals surface area contributed by atoms with Gasteiger partial charge in [-0.05, 0) is 12.1 Å². The van der Waals surface area contributed by atoms with Crippen molar-refractivity contribution in [3.63, 3.8) is 0 Å². The number of rotatable bonds is 0. The minimum absolute atomic E-state index is 0.621. The Morgan fingerprint density at radius 2 is 2.27 bits per heavy atom. The molecule has 0 aliphatic carbocycles. The van der Waals surface area contributed by atoms with Crippen molar-refractivity contribution in [3.8, 4) is 0 Å². The Hall–Kier alpha value is -1.22. The summed E-state index contributed by atoms with van der Waals surface area (Å²) in [5, 5.41) is 0.621. The predicted molar refractivity (Wildman–Crippen MR) is 45.5 cm³/mol. The van der Waals surface area contributed by atoms with Crippen LogP contribution in [0.4, 0.5) is 5.69 Å². The van der Waals surface area contributed by atoms with E-state index in [9.17, 15) is 0 Å². The second-order valence-electron chi connectivity index (χ2n) is 2.26. The molecular formula is C7H6ClN3. The van der Waals surface area contributed by atoms with Gasteiger partial charge in [0.1, 0.15) is 5.52 Å². The monoisotopic (exact) mass is 167 g/mol. The summed E-state index contributed by atoms with van der Waals surface area (Å²) >= 11 is 5.83. The fraction of sp³-hybridized carbons (Fsp3) is 0. The standard InChI is InChI=1S/C7H6ClN3/c8-4-1-2-5(9)7-6(4)10-3-11-7/h1-3H,9H2,(H,10,11). The lowest BCUT2D eigenvalue weighted by Gasteiger charge is -1.95. The number of aromatic amines is 1. The third kappa shape index (κ3) is 0.851. The molecule has 1 aromatic heterocycles. The Kier molecular flexibility index (Phi) is 1.26. The Balaban J connectivity index is 2.96. The van der Waals surface area contributed by atoms with Crippen LogP contribution in [0.15, 0.2) is 18.5 Å². The van der Waals surface area contributed by atoms with Crippen LogP contribution in [0.2, 0.25) is 5.02 Å². The van der Waals surface area contributed by atoms with Crippen LogP contribution in [-0.4, -0.2) is 9.97 Å². The second-order valence-corrected chi connectivity index (χ2v) is 2.67. The number of H-pyrrole nitrogens is 1. The highest BCUT2D eigenvalue weighted by atomic mass is 35.5. The molecule has 0 aliphatic heterocycles. The highest BCUT2D eigenvalue weighted by Crippen LogP contribution is 2.24. The first kappa shape index (κ1) is 6.49. The van der Waals surface area contributed by atoms with Gasteiger partial charge in [-0.1, -0.05) is 11.6 Å². The zero-order valence-electron chi connectivity index (χ0n) is 5.63. The summed E-state index contributed by atoms with van der Waals surface area (Å²) in [6.07, 6.45) is 1.58. The largest absolute Gasteiger partial charge is 0.397 e. The quantitative estimate of drug-likeness (QED) is 0.588. The van der Waals surface area contributed by atoms with Gasteiger partial charge in [-0.15, -0.1) is 0 Å². The van der Waals surface area contributed by atoms with Gasteiger partial charge in [-0.2, -0.15) is 0 Å². The highest BCUT2D eigenvalue weighted by molar-refractivity contribution is 6.35. The zero-order valence-corrected chi connectivity index (χ0v) is 6.39. The molecule has 0 fully saturated rings. The summed E-state index contributed by atoms with van der Waals surface area (Å²) in [6, 6.07) is 3.49. The number of nitrogens with two attached hydrogens (primary N) is 1. The van der Waals surface area contributed by atoms with Crippen molar-refractivity contribution < 1.29 is 0 Å². The summed E-state index contributed by atoms with van der Waals surface area (Å²) in [7, 11) is 0. The molecule has 1 aromatic carbocycles. The predicted octanol–water partition coefficient (Wildman–Crippen LogP) is 1.80. The molecule has 2 rings (SSSR count). The molecule has 0 atom stereocenters. The van der Waals surface area contributed by atoms with Gasteiger partial charge in [-0.25, -0.2) is 4.98 Å². The third-order valence-electron chi connectivity index (χ3n) is 1.56. The lowest BCUT2D eigenvalue weighted by Crippen LogP contribution is -1.85. The van der Waals surface area contributed by atoms with Crippen molar-refractivity contribution >= 4 is 28.3 Å². The average Bonchev–Trinajstić information content (AvgIpc) is 2.45. The number of halogens is 1. The van der Waals surface area contributed by atoms with E-state index in [1.54, 1.807) is 18.5 Å². The fourth-order valence-corrected chi connectivity index (χ4v) is 1.23. The number of anilines is 1. The van der Waals surface area contributed by atoms with Crippen LogP contribution in [0.1, 0.15) is 0 Å². The van der Waals surface area contributed by atoms with Crippen LogP contribution >= 0.6 is 11.6 Å². The van der Waals surface area contributed by atoms with Crippen molar-refractivity contribution in [2.75, 3.05) is 5.73 Å². The number of hydrogen-bond donors (Lipinski definition) is 2. The van der Waals surface area contributed by atoms with Crippen LogP contribution in [0, 0.1) is 0 Å². The molecule has 11 heavy (non-hydrogen) atoms. The molecule has 56 valence electrons. The lowest BCUT2D eigenvalue weighted by atomic mass is 10.3. The Morgan fingerprint density at radius 3 is 3.00 bits per heavy atom. The highest BCUT2D eigenvalue weighted by Gasteiger charge is 2.02. The van der Waals surface area contributed by atoms with Crippen molar-refractivity contribution in [1.29, 1.82) is 0 Å². The maximum absolute atomic E-state index is 5.83. The molecule has 1 heterocycles. The third-order valence-corrected chi connectivity index (χ3v) is 1.87. The molecule has 4 heteroatoms. The summed E-state index contributed by atoms with van der Waals surface area (Å²) in [5.41, 5.74) is 7.84. The van der Waals surface area contributed by atoms with E-state index in [0.29, 0.717) is 10.7 Å². The lowest BCUT2D eigenvalue weighted by molar-refractivity contribution is 1.34. The van der Waals surface area contributed by atoms with Crippen LogP contribution in [0.5, 0.6) is 0 Å². The Labute approximate surface area is 68.2 Å². The first-order valence-electron chi connectivity index (χ1n) is 3.16. The Morgan fingerprint density at radius 1 is 1.45 bits per heavy atom. The number of benzene rings is 1. The smallest absolute Gasteiger partial charge is 0.109 e. The number of aromatic nitrogens is 2. The molecular weight excluding hydrogens is 162 g/mol. The number of nitrogens with zero attached hydrogens (tertiary/aromatic N) is 1. The van der Waals surface area contributed by atoms with Gasteiger partial charge >= 0.3 is 0 Å². The van der Waals surface area contributed by atoms with E-state index in [-0.39, 0.29) is 0 Å². The summed E-state index contributed by atoms with van der Waals surface area (Å²) in [5.74, 6) is 0. The second kappa shape index (κ2) is 2.13. The number of imidazole rings is 1. The van der Waals surface area contributed by atoms with Gasteiger partial charge in [0.2, 0.25) is 0 Å². The van der Waals surface area contributed by atoms with Crippen molar-refractivity contribution in [1.82, 2.24) is 9.97 Å². The minimum Gasteiger partial charge on any atom is -0.397 e. The first-order valence-corrected chi connectivity index (χ1v) is 3.54. The molecule has 0 unspecified atom stereocenters. The van der Waals surface area contributed by atoms with Gasteiger partial charge in [-0.3, -0.25) is 0 Å². The molecule has 0 radical (unpaired) electrons. The number of fused-ring (bicyclic) bond motifs is 1. The van der Waals surface area contributed by atoms with E-state index < -0.39 is 0 Å². The maximum atomic E-state index is 5.83. The van der Waals surface area contributed by atoms with Crippen LogP contribution in [0.25, 0.3) is 11.0 Å². The molecule has 3 nitrogen and oxygen atoms in total. The molecule has 0 saturated carbocycles. The van der Waals surface area contributed by atoms with E-state index in [4.69, 9.17) is 17.3 Å². The summed E-state index contributed by atoms with van der Waals surface area (Å²) in [4.78, 5) is 6.92. The van der Waals surface area contributed by atoms with Crippen molar-refractivity contribution in [3.05, 3.63) is 23.5 Å². The zero-order chi connectivity index (χ0) is 7.84. The molecule has 0 aliphatic rings. The van der Waals surface area contributed by atoms with Gasteiger partial charge in [0.05, 0.1) is 22.6 Å². The topological polar surface area (TPSA) is 54.7 Å². The van der Waals surface area contributed by atoms with E-state index in [1.165, 1.54) is 0 Å². The van der Waals surface area contributed by atoms with E-state index >= 15 is 0 Å². The molecule has 3 N–H and O–H groups in total. The maximum Gasteiger partial charge on any atom is 0.109 e. The number of hydrogen-bond acceptors (Lipinski definition) is 2. The first-order chi connectivity index (χ1) is 5.29. The van der Waals surface area contributed by atoms with E-state index in [0.717, 1.165) is 11.0 Å². The molecule has 0 saturated heterocycles. The fourth-order valence-electron chi connectivity index (χ4n) is 1.02. The molecule has 0 spiro atoms. The van der Waals surface area contributed by atoms with Crippen LogP contribution in [0.3, 0.4) is 0 Å². The SMILES string of the molecule is Nc1ccc(Cl)c2nc[nH]c12. The van der Waals surface area contributed by atoms with Crippen molar-refractivity contribution in [2.45, 2.75) is 0 Å². The van der Waals surface area contributed by atoms with E-state index in [1.807, 2.05) is 0 Å². The van der Waals surface area contributed by atoms with Gasteiger partial charge in [0, 0.05) is 0 Å². The van der Waals surface area contributed by atoms with Gasteiger partial charge in [0.15, 0.2) is 0 Å². The number of nitrogens with one attached hydrogen (secondary N) is 1. The normalized spacial score (nSPS) is 10.6. The molecule has 0 bridgehead atoms. The van der Waals surface area contributed by atoms with Gasteiger partial charge in [0.25, 0.3) is 0 Å². The number of nitrogen functional groups attached to an aromatic ring is 1. The van der Waals surface area contributed by atoms with Crippen LogP contribution < -0.4 is 5.73 Å². The average molecular weight is 168 g/mol. The minimum atomic E-state index is 0.621. The summed E-state index contributed by atoms with van der Waals surface area (Å²) in [6.45, 7) is 0. The molecule has 0 amide bonds. The van der Waals surface area contributed by atoms with Gasteiger partial charge < -0.3 is 10.7 Å².